The third-order valence-corrected chi connectivity index (χ3v) is 6.93. The molecule has 0 unspecified atom stereocenters. The minimum absolute atomic E-state index is 0.0777. The molecule has 0 radical (unpaired) electrons. The van der Waals surface area contributed by atoms with Crippen molar-refractivity contribution in [3.8, 4) is 0 Å². The number of nitrogens with zero attached hydrogens (tertiary/aromatic N) is 1. The molecule has 6 heteroatoms. The Morgan fingerprint density at radius 2 is 1.63 bits per heavy atom. The van der Waals surface area contributed by atoms with Crippen LogP contribution in [0.1, 0.15) is 53.7 Å². The molecule has 2 aromatic carbocycles. The van der Waals surface area contributed by atoms with E-state index in [-0.39, 0.29) is 16.8 Å². The largest absolute Gasteiger partial charge is 0.345 e. The second-order valence-corrected chi connectivity index (χ2v) is 8.92. The molecule has 1 atom stereocenters. The van der Waals surface area contributed by atoms with E-state index in [1.54, 1.807) is 12.1 Å². The van der Waals surface area contributed by atoms with Crippen LogP contribution >= 0.6 is 0 Å². The lowest BCUT2D eigenvalue weighted by molar-refractivity contribution is 0.0935. The lowest BCUT2D eigenvalue weighted by atomic mass is 10.0. The highest BCUT2D eigenvalue weighted by atomic mass is 32.2. The summed E-state index contributed by atoms with van der Waals surface area (Å²) in [6.45, 7) is 5.19. The highest BCUT2D eigenvalue weighted by molar-refractivity contribution is 7.89. The first kappa shape index (κ1) is 19.6. The zero-order chi connectivity index (χ0) is 19.4. The van der Waals surface area contributed by atoms with Gasteiger partial charge in [0.25, 0.3) is 5.91 Å². The number of rotatable bonds is 6. The molecule has 0 spiro atoms. The minimum Gasteiger partial charge on any atom is -0.345 e. The van der Waals surface area contributed by atoms with Gasteiger partial charge in [-0.15, -0.1) is 0 Å². The van der Waals surface area contributed by atoms with Gasteiger partial charge in [-0.1, -0.05) is 36.8 Å². The van der Waals surface area contributed by atoms with Crippen molar-refractivity contribution < 1.29 is 13.2 Å². The predicted octanol–water partition coefficient (Wildman–Crippen LogP) is 3.66. The number of carbonyl (C=O) groups excluding carboxylic acids is 1. The van der Waals surface area contributed by atoms with Crippen molar-refractivity contribution in [1.29, 1.82) is 0 Å². The van der Waals surface area contributed by atoms with Crippen LogP contribution in [0, 0.1) is 6.92 Å². The summed E-state index contributed by atoms with van der Waals surface area (Å²) < 4.78 is 26.7. The molecule has 0 aliphatic carbocycles. The number of sulfonamides is 1. The fourth-order valence-electron chi connectivity index (χ4n) is 3.32. The van der Waals surface area contributed by atoms with Crippen LogP contribution in [0.25, 0.3) is 0 Å². The van der Waals surface area contributed by atoms with Gasteiger partial charge in [0.2, 0.25) is 10.0 Å². The Balaban J connectivity index is 1.72. The van der Waals surface area contributed by atoms with Crippen molar-refractivity contribution in [2.45, 2.75) is 44.0 Å². The van der Waals surface area contributed by atoms with E-state index in [9.17, 15) is 13.2 Å². The molecule has 1 fully saturated rings. The first-order chi connectivity index (χ1) is 12.9. The van der Waals surface area contributed by atoms with Crippen molar-refractivity contribution in [2.75, 3.05) is 13.1 Å². The van der Waals surface area contributed by atoms with Crippen molar-refractivity contribution in [2.24, 2.45) is 0 Å². The lowest BCUT2D eigenvalue weighted by Gasteiger charge is -2.18. The van der Waals surface area contributed by atoms with E-state index in [0.717, 1.165) is 24.8 Å². The Labute approximate surface area is 161 Å². The average molecular weight is 387 g/mol. The van der Waals surface area contributed by atoms with Crippen LogP contribution in [-0.4, -0.2) is 31.7 Å². The minimum atomic E-state index is -3.45. The summed E-state index contributed by atoms with van der Waals surface area (Å²) in [6.07, 6.45) is 2.57. The van der Waals surface area contributed by atoms with E-state index >= 15 is 0 Å². The van der Waals surface area contributed by atoms with Crippen LogP contribution in [0.2, 0.25) is 0 Å². The zero-order valence-corrected chi connectivity index (χ0v) is 16.6. The fourth-order valence-corrected chi connectivity index (χ4v) is 4.83. The van der Waals surface area contributed by atoms with Crippen LogP contribution in [0.15, 0.2) is 53.4 Å². The Morgan fingerprint density at radius 3 is 2.19 bits per heavy atom. The molecule has 1 heterocycles. The van der Waals surface area contributed by atoms with Crippen LogP contribution in [0.4, 0.5) is 0 Å². The fraction of sp³-hybridized carbons (Fsp3) is 0.381. The average Bonchev–Trinajstić information content (AvgIpc) is 3.22. The van der Waals surface area contributed by atoms with Gasteiger partial charge in [-0.2, -0.15) is 4.31 Å². The number of carbonyl (C=O) groups is 1. The Kier molecular flexibility index (Phi) is 5.97. The monoisotopic (exact) mass is 386 g/mol. The molecule has 1 saturated heterocycles. The van der Waals surface area contributed by atoms with Crippen LogP contribution < -0.4 is 5.32 Å². The lowest BCUT2D eigenvalue weighted by Crippen LogP contribution is -2.29. The topological polar surface area (TPSA) is 66.5 Å². The van der Waals surface area contributed by atoms with Gasteiger partial charge in [0.05, 0.1) is 10.9 Å². The molecule has 1 amide bonds. The SMILES string of the molecule is CC[C@H](NC(=O)c1ccc(S(=O)(=O)N2CCCC2)cc1)c1ccc(C)cc1. The normalized spacial score (nSPS) is 16.2. The number of hydrogen-bond donors (Lipinski definition) is 1. The summed E-state index contributed by atoms with van der Waals surface area (Å²) in [7, 11) is -3.45. The van der Waals surface area contributed by atoms with Gasteiger partial charge < -0.3 is 5.32 Å². The second-order valence-electron chi connectivity index (χ2n) is 6.98. The van der Waals surface area contributed by atoms with Gasteiger partial charge in [0.1, 0.15) is 0 Å². The van der Waals surface area contributed by atoms with E-state index in [4.69, 9.17) is 0 Å². The number of amides is 1. The number of nitrogens with one attached hydrogen (secondary N) is 1. The first-order valence-electron chi connectivity index (χ1n) is 9.39. The van der Waals surface area contributed by atoms with E-state index in [2.05, 4.69) is 5.32 Å². The highest BCUT2D eigenvalue weighted by Gasteiger charge is 2.27. The molecule has 3 rings (SSSR count). The summed E-state index contributed by atoms with van der Waals surface area (Å²) in [5, 5.41) is 3.03. The van der Waals surface area contributed by atoms with Crippen molar-refractivity contribution in [3.05, 3.63) is 65.2 Å². The quantitative estimate of drug-likeness (QED) is 0.824. The molecule has 27 heavy (non-hydrogen) atoms. The van der Waals surface area contributed by atoms with Gasteiger partial charge in [-0.3, -0.25) is 4.79 Å². The molecule has 1 aliphatic rings. The van der Waals surface area contributed by atoms with E-state index in [1.165, 1.54) is 22.0 Å². The summed E-state index contributed by atoms with van der Waals surface area (Å²) >= 11 is 0. The van der Waals surface area contributed by atoms with Gasteiger partial charge in [0.15, 0.2) is 0 Å². The molecular formula is C21H26N2O3S. The Hall–Kier alpha value is -2.18. The van der Waals surface area contributed by atoms with Gasteiger partial charge >= 0.3 is 0 Å². The standard InChI is InChI=1S/C21H26N2O3S/c1-3-20(17-8-6-16(2)7-9-17)22-21(24)18-10-12-19(13-11-18)27(25,26)23-14-4-5-15-23/h6-13,20H,3-5,14-15H2,1-2H3,(H,22,24)/t20-/m0/s1. The highest BCUT2D eigenvalue weighted by Crippen LogP contribution is 2.22. The van der Waals surface area contributed by atoms with Crippen LogP contribution in [0.5, 0.6) is 0 Å². The molecule has 0 saturated carbocycles. The van der Waals surface area contributed by atoms with Crippen molar-refractivity contribution in [1.82, 2.24) is 9.62 Å². The number of hydrogen-bond acceptors (Lipinski definition) is 3. The smallest absolute Gasteiger partial charge is 0.251 e. The summed E-state index contributed by atoms with van der Waals surface area (Å²) in [5.74, 6) is -0.201. The second kappa shape index (κ2) is 8.23. The zero-order valence-electron chi connectivity index (χ0n) is 15.8. The maximum absolute atomic E-state index is 12.6. The Morgan fingerprint density at radius 1 is 1.04 bits per heavy atom. The van der Waals surface area contributed by atoms with Crippen LogP contribution in [0.3, 0.4) is 0 Å². The van der Waals surface area contributed by atoms with E-state index in [1.807, 2.05) is 38.1 Å². The third kappa shape index (κ3) is 4.39. The Bertz CT molecular complexity index is 884. The molecule has 2 aromatic rings. The molecular weight excluding hydrogens is 360 g/mol. The number of benzene rings is 2. The molecule has 0 bridgehead atoms. The van der Waals surface area contributed by atoms with Crippen molar-refractivity contribution in [3.63, 3.8) is 0 Å². The number of aryl methyl sites for hydroxylation is 1. The maximum atomic E-state index is 12.6. The summed E-state index contributed by atoms with van der Waals surface area (Å²) in [6, 6.07) is 14.2. The van der Waals surface area contributed by atoms with Crippen molar-refractivity contribution >= 4 is 15.9 Å². The van der Waals surface area contributed by atoms with Gasteiger partial charge in [0, 0.05) is 18.7 Å². The summed E-state index contributed by atoms with van der Waals surface area (Å²) in [4.78, 5) is 12.8. The molecule has 0 aromatic heterocycles. The molecule has 144 valence electrons. The van der Waals surface area contributed by atoms with E-state index < -0.39 is 10.0 Å². The molecule has 1 aliphatic heterocycles. The van der Waals surface area contributed by atoms with Crippen LogP contribution in [-0.2, 0) is 10.0 Å². The third-order valence-electron chi connectivity index (χ3n) is 5.01. The van der Waals surface area contributed by atoms with E-state index in [0.29, 0.717) is 18.7 Å². The predicted molar refractivity (Wildman–Crippen MR) is 106 cm³/mol. The summed E-state index contributed by atoms with van der Waals surface area (Å²) in [5.41, 5.74) is 2.69. The van der Waals surface area contributed by atoms with Gasteiger partial charge in [-0.05, 0) is 56.0 Å². The maximum Gasteiger partial charge on any atom is 0.251 e. The van der Waals surface area contributed by atoms with Gasteiger partial charge in [-0.25, -0.2) is 8.42 Å². The first-order valence-corrected chi connectivity index (χ1v) is 10.8. The molecule has 5 nitrogen and oxygen atoms in total. The molecule has 1 N–H and O–H groups in total.